The molecule has 4 aliphatic rings. The number of carbonyl (C=O) groups is 1. The predicted molar refractivity (Wildman–Crippen MR) is 99.7 cm³/mol. The van der Waals surface area contributed by atoms with Crippen molar-refractivity contribution in [1.82, 2.24) is 15.1 Å². The van der Waals surface area contributed by atoms with E-state index < -0.39 is 0 Å². The molecule has 1 aromatic rings. The maximum atomic E-state index is 13.1. The minimum Gasteiger partial charge on any atom is -0.345 e. The highest BCUT2D eigenvalue weighted by Gasteiger charge is 2.51. The molecule has 4 saturated carbocycles. The molecule has 1 amide bonds. The zero-order chi connectivity index (χ0) is 18.0. The van der Waals surface area contributed by atoms with E-state index in [0.717, 1.165) is 23.4 Å². The van der Waals surface area contributed by atoms with Gasteiger partial charge in [0.2, 0.25) is 0 Å². The standard InChI is InChI=1S/C21H33N3O/c1-13(2)18-9-17(23-24(18)20(3,4)5)19(25)22-21-10-14-6-15(11-21)8-16(7-14)12-21/h9,13-16H,6-8,10-12H2,1-5H3,(H,22,25). The maximum absolute atomic E-state index is 13.1. The Bertz CT molecular complexity index is 645. The van der Waals surface area contributed by atoms with Crippen molar-refractivity contribution in [3.8, 4) is 0 Å². The van der Waals surface area contributed by atoms with Crippen LogP contribution < -0.4 is 5.32 Å². The van der Waals surface area contributed by atoms with Crippen molar-refractivity contribution in [2.75, 3.05) is 0 Å². The van der Waals surface area contributed by atoms with Gasteiger partial charge in [0.15, 0.2) is 0 Å². The Labute approximate surface area is 151 Å². The fourth-order valence-corrected chi connectivity index (χ4v) is 6.02. The van der Waals surface area contributed by atoms with E-state index in [4.69, 9.17) is 5.10 Å². The highest BCUT2D eigenvalue weighted by atomic mass is 16.2. The van der Waals surface area contributed by atoms with E-state index in [1.807, 2.05) is 10.7 Å². The highest BCUT2D eigenvalue weighted by molar-refractivity contribution is 5.93. The molecule has 138 valence electrons. The molecule has 0 aromatic carbocycles. The first-order chi connectivity index (χ1) is 11.7. The summed E-state index contributed by atoms with van der Waals surface area (Å²) in [6, 6.07) is 2.01. The summed E-state index contributed by atoms with van der Waals surface area (Å²) in [7, 11) is 0. The van der Waals surface area contributed by atoms with Crippen LogP contribution in [0.4, 0.5) is 0 Å². The molecule has 0 radical (unpaired) electrons. The second-order valence-electron chi connectivity index (χ2n) is 10.3. The fourth-order valence-electron chi connectivity index (χ4n) is 6.02. The van der Waals surface area contributed by atoms with Gasteiger partial charge >= 0.3 is 0 Å². The van der Waals surface area contributed by atoms with Crippen LogP contribution >= 0.6 is 0 Å². The van der Waals surface area contributed by atoms with Crippen LogP contribution in [-0.2, 0) is 5.54 Å². The molecule has 4 nitrogen and oxygen atoms in total. The van der Waals surface area contributed by atoms with Crippen LogP contribution in [0.25, 0.3) is 0 Å². The molecular formula is C21H33N3O. The van der Waals surface area contributed by atoms with Gasteiger partial charge in [0.25, 0.3) is 5.91 Å². The number of amides is 1. The van der Waals surface area contributed by atoms with Crippen molar-refractivity contribution in [3.63, 3.8) is 0 Å². The third-order valence-electron chi connectivity index (χ3n) is 6.61. The molecule has 4 heteroatoms. The van der Waals surface area contributed by atoms with Gasteiger partial charge in [0.1, 0.15) is 5.69 Å². The smallest absolute Gasteiger partial charge is 0.272 e. The first kappa shape index (κ1) is 17.1. The summed E-state index contributed by atoms with van der Waals surface area (Å²) in [5, 5.41) is 8.16. The summed E-state index contributed by atoms with van der Waals surface area (Å²) < 4.78 is 2.03. The number of nitrogens with one attached hydrogen (secondary N) is 1. The topological polar surface area (TPSA) is 46.9 Å². The molecule has 1 N–H and O–H groups in total. The summed E-state index contributed by atoms with van der Waals surface area (Å²) in [4.78, 5) is 13.1. The van der Waals surface area contributed by atoms with Crippen LogP contribution in [0, 0.1) is 17.8 Å². The van der Waals surface area contributed by atoms with Crippen molar-refractivity contribution in [2.45, 2.75) is 90.1 Å². The second kappa shape index (κ2) is 5.59. The first-order valence-electron chi connectivity index (χ1n) is 10.1. The van der Waals surface area contributed by atoms with Crippen LogP contribution in [0.15, 0.2) is 6.07 Å². The Morgan fingerprint density at radius 2 is 1.68 bits per heavy atom. The molecule has 0 aliphatic heterocycles. The Hall–Kier alpha value is -1.32. The lowest BCUT2D eigenvalue weighted by Gasteiger charge is -2.56. The van der Waals surface area contributed by atoms with Gasteiger partial charge in [-0.25, -0.2) is 0 Å². The Morgan fingerprint density at radius 3 is 2.08 bits per heavy atom. The minimum absolute atomic E-state index is 0.0341. The molecule has 4 fully saturated rings. The Balaban J connectivity index is 1.58. The van der Waals surface area contributed by atoms with Crippen molar-refractivity contribution in [2.24, 2.45) is 17.8 Å². The van der Waals surface area contributed by atoms with E-state index in [9.17, 15) is 4.79 Å². The molecule has 25 heavy (non-hydrogen) atoms. The molecule has 0 atom stereocenters. The minimum atomic E-state index is -0.112. The average Bonchev–Trinajstić information content (AvgIpc) is 2.90. The Kier molecular flexibility index (Phi) is 3.82. The van der Waals surface area contributed by atoms with Crippen LogP contribution in [-0.4, -0.2) is 21.2 Å². The summed E-state index contributed by atoms with van der Waals surface area (Å²) in [6.45, 7) is 10.8. The molecular weight excluding hydrogens is 310 g/mol. The monoisotopic (exact) mass is 343 g/mol. The summed E-state index contributed by atoms with van der Waals surface area (Å²) in [5.41, 5.74) is 1.67. The van der Waals surface area contributed by atoms with Crippen LogP contribution in [0.5, 0.6) is 0 Å². The number of rotatable bonds is 3. The van der Waals surface area contributed by atoms with Crippen molar-refractivity contribution >= 4 is 5.91 Å². The number of hydrogen-bond donors (Lipinski definition) is 1. The second-order valence-corrected chi connectivity index (χ2v) is 10.3. The lowest BCUT2D eigenvalue weighted by Crippen LogP contribution is -2.59. The number of hydrogen-bond acceptors (Lipinski definition) is 2. The van der Waals surface area contributed by atoms with Gasteiger partial charge in [-0.1, -0.05) is 13.8 Å². The van der Waals surface area contributed by atoms with Gasteiger partial charge in [-0.3, -0.25) is 9.48 Å². The largest absolute Gasteiger partial charge is 0.345 e. The molecule has 1 heterocycles. The van der Waals surface area contributed by atoms with Crippen LogP contribution in [0.2, 0.25) is 0 Å². The summed E-state index contributed by atoms with van der Waals surface area (Å²) in [5.74, 6) is 2.90. The number of carbonyl (C=O) groups excluding carboxylic acids is 1. The zero-order valence-corrected chi connectivity index (χ0v) is 16.4. The van der Waals surface area contributed by atoms with Gasteiger partial charge in [0, 0.05) is 11.2 Å². The van der Waals surface area contributed by atoms with Gasteiger partial charge in [-0.2, -0.15) is 5.10 Å². The number of aromatic nitrogens is 2. The quantitative estimate of drug-likeness (QED) is 0.881. The Morgan fingerprint density at radius 1 is 1.16 bits per heavy atom. The summed E-state index contributed by atoms with van der Waals surface area (Å²) in [6.07, 6.45) is 7.73. The molecule has 0 unspecified atom stereocenters. The fraction of sp³-hybridized carbons (Fsp3) is 0.810. The zero-order valence-electron chi connectivity index (χ0n) is 16.4. The molecule has 0 saturated heterocycles. The highest BCUT2D eigenvalue weighted by Crippen LogP contribution is 2.55. The molecule has 4 aliphatic carbocycles. The molecule has 1 aromatic heterocycles. The normalized spacial score (nSPS) is 33.9. The third kappa shape index (κ3) is 3.02. The molecule has 0 spiro atoms. The van der Waals surface area contributed by atoms with Crippen molar-refractivity contribution < 1.29 is 4.79 Å². The van der Waals surface area contributed by atoms with E-state index in [1.165, 1.54) is 38.5 Å². The van der Waals surface area contributed by atoms with Crippen LogP contribution in [0.1, 0.15) is 95.2 Å². The van der Waals surface area contributed by atoms with Crippen molar-refractivity contribution in [1.29, 1.82) is 0 Å². The van der Waals surface area contributed by atoms with E-state index in [-0.39, 0.29) is 17.0 Å². The van der Waals surface area contributed by atoms with E-state index in [0.29, 0.717) is 11.6 Å². The lowest BCUT2D eigenvalue weighted by atomic mass is 9.53. The van der Waals surface area contributed by atoms with Gasteiger partial charge < -0.3 is 5.32 Å². The summed E-state index contributed by atoms with van der Waals surface area (Å²) >= 11 is 0. The van der Waals surface area contributed by atoms with Gasteiger partial charge in [-0.05, 0) is 89.0 Å². The first-order valence-corrected chi connectivity index (χ1v) is 10.1. The van der Waals surface area contributed by atoms with E-state index in [1.54, 1.807) is 0 Å². The number of nitrogens with zero attached hydrogens (tertiary/aromatic N) is 2. The van der Waals surface area contributed by atoms with E-state index >= 15 is 0 Å². The van der Waals surface area contributed by atoms with Gasteiger partial charge in [-0.15, -0.1) is 0 Å². The average molecular weight is 344 g/mol. The molecule has 4 bridgehead atoms. The predicted octanol–water partition coefficient (Wildman–Crippen LogP) is 4.46. The molecule has 5 rings (SSSR count). The SMILES string of the molecule is CC(C)c1cc(C(=O)NC23CC4CC(CC(C4)C2)C3)nn1C(C)(C)C. The van der Waals surface area contributed by atoms with E-state index in [2.05, 4.69) is 39.9 Å². The van der Waals surface area contributed by atoms with Crippen LogP contribution in [0.3, 0.4) is 0 Å². The third-order valence-corrected chi connectivity index (χ3v) is 6.61. The van der Waals surface area contributed by atoms with Gasteiger partial charge in [0.05, 0.1) is 5.54 Å². The lowest BCUT2D eigenvalue weighted by molar-refractivity contribution is -0.0168. The maximum Gasteiger partial charge on any atom is 0.272 e. The van der Waals surface area contributed by atoms with Crippen molar-refractivity contribution in [3.05, 3.63) is 17.5 Å².